The molecule has 1 aromatic carbocycles. The Kier molecular flexibility index (Phi) is 5.92. The molecule has 0 saturated carbocycles. The summed E-state index contributed by atoms with van der Waals surface area (Å²) in [5.41, 5.74) is 4.90. The fraction of sp³-hybridized carbons (Fsp3) is 0.385. The number of nitrogens with one attached hydrogen (secondary N) is 1. The van der Waals surface area contributed by atoms with Crippen molar-refractivity contribution in [3.63, 3.8) is 0 Å². The van der Waals surface area contributed by atoms with E-state index in [1.165, 1.54) is 29.6 Å². The lowest BCUT2D eigenvalue weighted by Gasteiger charge is -2.21. The molecule has 9 heteroatoms. The predicted molar refractivity (Wildman–Crippen MR) is 83.1 cm³/mol. The molecule has 0 aliphatic heterocycles. The van der Waals surface area contributed by atoms with E-state index in [9.17, 15) is 18.0 Å². The summed E-state index contributed by atoms with van der Waals surface area (Å²) in [6.07, 6.45) is 0. The van der Waals surface area contributed by atoms with Crippen LogP contribution in [0.2, 0.25) is 5.02 Å². The zero-order chi connectivity index (χ0) is 17.1. The van der Waals surface area contributed by atoms with E-state index in [0.717, 1.165) is 0 Å². The molecule has 122 valence electrons. The van der Waals surface area contributed by atoms with Crippen LogP contribution in [0.5, 0.6) is 0 Å². The minimum atomic E-state index is -3.74. The molecule has 0 saturated heterocycles. The van der Waals surface area contributed by atoms with E-state index in [1.54, 1.807) is 13.8 Å². The number of hydrogen-bond donors (Lipinski definition) is 2. The maximum absolute atomic E-state index is 12.4. The number of nitrogens with two attached hydrogens (primary N) is 1. The van der Waals surface area contributed by atoms with Crippen molar-refractivity contribution >= 4 is 33.4 Å². The number of hydrogen-bond acceptors (Lipinski definition) is 4. The number of sulfonamides is 1. The molecule has 0 fully saturated rings. The highest BCUT2D eigenvalue weighted by atomic mass is 35.5. The van der Waals surface area contributed by atoms with E-state index < -0.39 is 21.8 Å². The Morgan fingerprint density at radius 2 is 1.95 bits per heavy atom. The minimum Gasteiger partial charge on any atom is -0.368 e. The van der Waals surface area contributed by atoms with Crippen LogP contribution in [0, 0.1) is 0 Å². The SMILES string of the molecule is CC(C)N(C)S(=O)(=O)c1ccc(Cl)c(C(=O)NCC(N)=O)c1. The Labute approximate surface area is 134 Å². The molecule has 7 nitrogen and oxygen atoms in total. The molecule has 0 aromatic heterocycles. The quantitative estimate of drug-likeness (QED) is 0.784. The second-order valence-corrected chi connectivity index (χ2v) is 7.31. The lowest BCUT2D eigenvalue weighted by Crippen LogP contribution is -2.34. The van der Waals surface area contributed by atoms with Gasteiger partial charge in [0.05, 0.1) is 22.0 Å². The van der Waals surface area contributed by atoms with Crippen molar-refractivity contribution in [2.45, 2.75) is 24.8 Å². The van der Waals surface area contributed by atoms with Crippen molar-refractivity contribution in [2.75, 3.05) is 13.6 Å². The van der Waals surface area contributed by atoms with Gasteiger partial charge in [-0.05, 0) is 32.0 Å². The summed E-state index contributed by atoms with van der Waals surface area (Å²) in [7, 11) is -2.29. The Hall–Kier alpha value is -1.64. The van der Waals surface area contributed by atoms with E-state index in [2.05, 4.69) is 5.32 Å². The highest BCUT2D eigenvalue weighted by molar-refractivity contribution is 7.89. The summed E-state index contributed by atoms with van der Waals surface area (Å²) in [6.45, 7) is 3.10. The van der Waals surface area contributed by atoms with Crippen LogP contribution in [0.15, 0.2) is 23.1 Å². The van der Waals surface area contributed by atoms with E-state index in [-0.39, 0.29) is 28.1 Å². The van der Waals surface area contributed by atoms with Gasteiger partial charge in [0.2, 0.25) is 15.9 Å². The first-order valence-corrected chi connectivity index (χ1v) is 8.23. The molecular formula is C13H18ClN3O4S. The maximum atomic E-state index is 12.4. The van der Waals surface area contributed by atoms with Crippen molar-refractivity contribution < 1.29 is 18.0 Å². The number of halogens is 1. The summed E-state index contributed by atoms with van der Waals surface area (Å²) in [5, 5.41) is 2.34. The highest BCUT2D eigenvalue weighted by Gasteiger charge is 2.25. The van der Waals surface area contributed by atoms with Crippen LogP contribution in [0.1, 0.15) is 24.2 Å². The molecule has 2 amide bonds. The van der Waals surface area contributed by atoms with Crippen LogP contribution >= 0.6 is 11.6 Å². The zero-order valence-corrected chi connectivity index (χ0v) is 14.0. The van der Waals surface area contributed by atoms with Crippen molar-refractivity contribution in [1.29, 1.82) is 0 Å². The highest BCUT2D eigenvalue weighted by Crippen LogP contribution is 2.23. The fourth-order valence-corrected chi connectivity index (χ4v) is 3.14. The first-order chi connectivity index (χ1) is 10.1. The Morgan fingerprint density at radius 1 is 1.36 bits per heavy atom. The molecule has 1 rings (SSSR count). The summed E-state index contributed by atoms with van der Waals surface area (Å²) in [5.74, 6) is -1.39. The number of primary amides is 1. The molecule has 0 aliphatic carbocycles. The van der Waals surface area contributed by atoms with Gasteiger partial charge < -0.3 is 11.1 Å². The van der Waals surface area contributed by atoms with Gasteiger partial charge in [-0.15, -0.1) is 0 Å². The summed E-state index contributed by atoms with van der Waals surface area (Å²) in [6, 6.07) is 3.57. The average molecular weight is 348 g/mol. The fourth-order valence-electron chi connectivity index (χ4n) is 1.55. The van der Waals surface area contributed by atoms with E-state index in [0.29, 0.717) is 0 Å². The normalized spacial score (nSPS) is 11.7. The van der Waals surface area contributed by atoms with Crippen LogP contribution in [-0.2, 0) is 14.8 Å². The molecule has 0 unspecified atom stereocenters. The van der Waals surface area contributed by atoms with E-state index in [4.69, 9.17) is 17.3 Å². The van der Waals surface area contributed by atoms with Gasteiger partial charge in [0, 0.05) is 13.1 Å². The monoisotopic (exact) mass is 347 g/mol. The summed E-state index contributed by atoms with van der Waals surface area (Å²) in [4.78, 5) is 22.6. The second-order valence-electron chi connectivity index (χ2n) is 4.91. The maximum Gasteiger partial charge on any atom is 0.253 e. The summed E-state index contributed by atoms with van der Waals surface area (Å²) >= 11 is 5.91. The molecule has 0 spiro atoms. The van der Waals surface area contributed by atoms with Crippen LogP contribution < -0.4 is 11.1 Å². The predicted octanol–water partition coefficient (Wildman–Crippen LogP) is 0.584. The molecule has 0 atom stereocenters. The lowest BCUT2D eigenvalue weighted by atomic mass is 10.2. The van der Waals surface area contributed by atoms with Gasteiger partial charge in [0.1, 0.15) is 0 Å². The molecular weight excluding hydrogens is 330 g/mol. The van der Waals surface area contributed by atoms with Gasteiger partial charge in [-0.2, -0.15) is 4.31 Å². The van der Waals surface area contributed by atoms with Crippen molar-refractivity contribution in [2.24, 2.45) is 5.73 Å². The standard InChI is InChI=1S/C13H18ClN3O4S/c1-8(2)17(3)22(20,21)9-4-5-11(14)10(6-9)13(19)16-7-12(15)18/h4-6,8H,7H2,1-3H3,(H2,15,18)(H,16,19). The number of amides is 2. The van der Waals surface area contributed by atoms with Gasteiger partial charge in [0.15, 0.2) is 0 Å². The molecule has 1 aromatic rings. The van der Waals surface area contributed by atoms with Gasteiger partial charge in [-0.3, -0.25) is 9.59 Å². The van der Waals surface area contributed by atoms with Crippen molar-refractivity contribution in [3.8, 4) is 0 Å². The first kappa shape index (κ1) is 18.4. The second kappa shape index (κ2) is 7.08. The van der Waals surface area contributed by atoms with Crippen molar-refractivity contribution in [1.82, 2.24) is 9.62 Å². The molecule has 3 N–H and O–H groups in total. The lowest BCUT2D eigenvalue weighted by molar-refractivity contribution is -0.117. The molecule has 0 aliphatic rings. The van der Waals surface area contributed by atoms with Gasteiger partial charge >= 0.3 is 0 Å². The number of benzene rings is 1. The van der Waals surface area contributed by atoms with E-state index in [1.807, 2.05) is 0 Å². The van der Waals surface area contributed by atoms with Crippen LogP contribution in [0.4, 0.5) is 0 Å². The largest absolute Gasteiger partial charge is 0.368 e. The topological polar surface area (TPSA) is 110 Å². The number of carbonyl (C=O) groups excluding carboxylic acids is 2. The first-order valence-electron chi connectivity index (χ1n) is 6.41. The van der Waals surface area contributed by atoms with Crippen molar-refractivity contribution in [3.05, 3.63) is 28.8 Å². The van der Waals surface area contributed by atoms with E-state index >= 15 is 0 Å². The van der Waals surface area contributed by atoms with Crippen LogP contribution in [-0.4, -0.2) is 44.2 Å². The third-order valence-electron chi connectivity index (χ3n) is 3.01. The number of carbonyl (C=O) groups is 2. The Balaban J connectivity index is 3.19. The molecule has 0 heterocycles. The molecule has 22 heavy (non-hydrogen) atoms. The number of rotatable bonds is 6. The third kappa shape index (κ3) is 4.19. The Morgan fingerprint density at radius 3 is 2.45 bits per heavy atom. The van der Waals surface area contributed by atoms with Crippen LogP contribution in [0.25, 0.3) is 0 Å². The smallest absolute Gasteiger partial charge is 0.253 e. The molecule has 0 radical (unpaired) electrons. The number of nitrogens with zero attached hydrogens (tertiary/aromatic N) is 1. The molecule has 0 bridgehead atoms. The third-order valence-corrected chi connectivity index (χ3v) is 5.37. The minimum absolute atomic E-state index is 0.0406. The van der Waals surface area contributed by atoms with Crippen LogP contribution in [0.3, 0.4) is 0 Å². The zero-order valence-electron chi connectivity index (χ0n) is 12.5. The van der Waals surface area contributed by atoms with Gasteiger partial charge in [-0.1, -0.05) is 11.6 Å². The average Bonchev–Trinajstić information content (AvgIpc) is 2.43. The van der Waals surface area contributed by atoms with Gasteiger partial charge in [-0.25, -0.2) is 8.42 Å². The Bertz CT molecular complexity index is 689. The summed E-state index contributed by atoms with van der Waals surface area (Å²) < 4.78 is 26.0. The van der Waals surface area contributed by atoms with Gasteiger partial charge in [0.25, 0.3) is 5.91 Å².